The Morgan fingerprint density at radius 1 is 1.67 bits per heavy atom. The van der Waals surface area contributed by atoms with Gasteiger partial charge in [-0.1, -0.05) is 6.08 Å². The maximum absolute atomic E-state index is 5.90. The van der Waals surface area contributed by atoms with Crippen molar-refractivity contribution in [1.29, 1.82) is 0 Å². The molecule has 0 aromatic carbocycles. The lowest BCUT2D eigenvalue weighted by Crippen LogP contribution is -2.44. The first-order valence-corrected chi connectivity index (χ1v) is 4.64. The Labute approximate surface area is 74.8 Å². The average molecular weight is 169 g/mol. The van der Waals surface area contributed by atoms with Crippen molar-refractivity contribution >= 4 is 0 Å². The van der Waals surface area contributed by atoms with Gasteiger partial charge in [0.15, 0.2) is 0 Å². The Bertz CT molecular complexity index is 146. The lowest BCUT2D eigenvalue weighted by Gasteiger charge is -2.42. The van der Waals surface area contributed by atoms with Gasteiger partial charge in [-0.25, -0.2) is 0 Å². The van der Waals surface area contributed by atoms with Gasteiger partial charge in [0, 0.05) is 13.2 Å². The van der Waals surface area contributed by atoms with Gasteiger partial charge in [-0.3, -0.25) is 0 Å². The Kier molecular flexibility index (Phi) is 3.29. The molecule has 0 aromatic heterocycles. The molecule has 0 heterocycles. The third kappa shape index (κ3) is 2.08. The monoisotopic (exact) mass is 169 g/mol. The normalized spacial score (nSPS) is 22.8. The molecular weight excluding hydrogens is 150 g/mol. The van der Waals surface area contributed by atoms with Crippen LogP contribution in [-0.2, 0) is 4.74 Å². The van der Waals surface area contributed by atoms with Crippen molar-refractivity contribution in [3.05, 3.63) is 12.7 Å². The van der Waals surface area contributed by atoms with E-state index in [0.29, 0.717) is 0 Å². The average Bonchev–Trinajstić information content (AvgIpc) is 1.97. The van der Waals surface area contributed by atoms with Crippen LogP contribution in [0.2, 0.25) is 0 Å². The second kappa shape index (κ2) is 4.06. The molecule has 0 amide bonds. The SMILES string of the molecule is C=CCC(N)CC1(OC)CCC1. The van der Waals surface area contributed by atoms with Crippen molar-refractivity contribution in [1.82, 2.24) is 0 Å². The third-order valence-corrected chi connectivity index (χ3v) is 2.80. The Balaban J connectivity index is 2.31. The molecule has 2 nitrogen and oxygen atoms in total. The molecule has 0 radical (unpaired) electrons. The summed E-state index contributed by atoms with van der Waals surface area (Å²) in [6, 6.07) is 0.225. The van der Waals surface area contributed by atoms with Gasteiger partial charge >= 0.3 is 0 Å². The van der Waals surface area contributed by atoms with E-state index in [2.05, 4.69) is 6.58 Å². The summed E-state index contributed by atoms with van der Waals surface area (Å²) in [4.78, 5) is 0. The van der Waals surface area contributed by atoms with Crippen molar-refractivity contribution in [2.75, 3.05) is 7.11 Å². The van der Waals surface area contributed by atoms with E-state index in [0.717, 1.165) is 12.8 Å². The molecule has 0 spiro atoms. The Morgan fingerprint density at radius 2 is 2.33 bits per heavy atom. The number of hydrogen-bond donors (Lipinski definition) is 1. The van der Waals surface area contributed by atoms with Crippen molar-refractivity contribution < 1.29 is 4.74 Å². The molecule has 0 bridgehead atoms. The van der Waals surface area contributed by atoms with Crippen LogP contribution < -0.4 is 5.73 Å². The Hall–Kier alpha value is -0.340. The van der Waals surface area contributed by atoms with Gasteiger partial charge in [0.1, 0.15) is 0 Å². The minimum atomic E-state index is 0.114. The first-order chi connectivity index (χ1) is 5.72. The second-order valence-electron chi connectivity index (χ2n) is 3.73. The van der Waals surface area contributed by atoms with Crippen molar-refractivity contribution in [3.63, 3.8) is 0 Å². The van der Waals surface area contributed by atoms with E-state index >= 15 is 0 Å². The van der Waals surface area contributed by atoms with Crippen LogP contribution in [0.25, 0.3) is 0 Å². The summed E-state index contributed by atoms with van der Waals surface area (Å²) in [7, 11) is 1.79. The molecule has 70 valence electrons. The van der Waals surface area contributed by atoms with Crippen LogP contribution in [0.3, 0.4) is 0 Å². The molecule has 1 rings (SSSR count). The van der Waals surface area contributed by atoms with E-state index in [1.807, 2.05) is 6.08 Å². The zero-order valence-electron chi connectivity index (χ0n) is 7.88. The predicted octanol–water partition coefficient (Wildman–Crippen LogP) is 1.85. The quantitative estimate of drug-likeness (QED) is 0.637. The highest BCUT2D eigenvalue weighted by Gasteiger charge is 2.37. The smallest absolute Gasteiger partial charge is 0.0693 e. The molecule has 12 heavy (non-hydrogen) atoms. The van der Waals surface area contributed by atoms with Crippen LogP contribution in [-0.4, -0.2) is 18.8 Å². The summed E-state index contributed by atoms with van der Waals surface area (Å²) in [5.41, 5.74) is 6.02. The van der Waals surface area contributed by atoms with Crippen LogP contribution in [0.15, 0.2) is 12.7 Å². The fourth-order valence-corrected chi connectivity index (χ4v) is 1.84. The van der Waals surface area contributed by atoms with Crippen LogP contribution in [0, 0.1) is 0 Å². The van der Waals surface area contributed by atoms with Gasteiger partial charge in [0.2, 0.25) is 0 Å². The number of ether oxygens (including phenoxy) is 1. The Morgan fingerprint density at radius 3 is 2.67 bits per heavy atom. The highest BCUT2D eigenvalue weighted by Crippen LogP contribution is 2.38. The second-order valence-corrected chi connectivity index (χ2v) is 3.73. The number of methoxy groups -OCH3 is 1. The molecule has 2 heteroatoms. The third-order valence-electron chi connectivity index (χ3n) is 2.80. The van der Waals surface area contributed by atoms with Crippen molar-refractivity contribution in [3.8, 4) is 0 Å². The van der Waals surface area contributed by atoms with Gasteiger partial charge in [0.25, 0.3) is 0 Å². The first-order valence-electron chi connectivity index (χ1n) is 4.64. The van der Waals surface area contributed by atoms with E-state index in [1.165, 1.54) is 19.3 Å². The van der Waals surface area contributed by atoms with Crippen LogP contribution in [0.1, 0.15) is 32.1 Å². The maximum Gasteiger partial charge on any atom is 0.0693 e. The molecule has 0 saturated heterocycles. The van der Waals surface area contributed by atoms with Crippen LogP contribution >= 0.6 is 0 Å². The highest BCUT2D eigenvalue weighted by molar-refractivity contribution is 4.93. The molecule has 1 saturated carbocycles. The van der Waals surface area contributed by atoms with Crippen LogP contribution in [0.4, 0.5) is 0 Å². The van der Waals surface area contributed by atoms with E-state index in [9.17, 15) is 0 Å². The molecule has 2 N–H and O–H groups in total. The summed E-state index contributed by atoms with van der Waals surface area (Å²) in [5, 5.41) is 0. The largest absolute Gasteiger partial charge is 0.378 e. The summed E-state index contributed by atoms with van der Waals surface area (Å²) in [6.07, 6.45) is 7.39. The van der Waals surface area contributed by atoms with Gasteiger partial charge in [-0.05, 0) is 32.1 Å². The van der Waals surface area contributed by atoms with Gasteiger partial charge in [-0.2, -0.15) is 0 Å². The van der Waals surface area contributed by atoms with E-state index in [1.54, 1.807) is 7.11 Å². The lowest BCUT2D eigenvalue weighted by molar-refractivity contribution is -0.0812. The fraction of sp³-hybridized carbons (Fsp3) is 0.800. The minimum Gasteiger partial charge on any atom is -0.378 e. The first kappa shape index (κ1) is 9.75. The van der Waals surface area contributed by atoms with E-state index in [4.69, 9.17) is 10.5 Å². The summed E-state index contributed by atoms with van der Waals surface area (Å²) >= 11 is 0. The minimum absolute atomic E-state index is 0.114. The van der Waals surface area contributed by atoms with Gasteiger partial charge < -0.3 is 10.5 Å². The van der Waals surface area contributed by atoms with E-state index in [-0.39, 0.29) is 11.6 Å². The van der Waals surface area contributed by atoms with E-state index < -0.39 is 0 Å². The molecule has 0 aliphatic heterocycles. The summed E-state index contributed by atoms with van der Waals surface area (Å²) in [5.74, 6) is 0. The predicted molar refractivity (Wildman–Crippen MR) is 51.0 cm³/mol. The van der Waals surface area contributed by atoms with Crippen molar-refractivity contribution in [2.24, 2.45) is 5.73 Å². The molecular formula is C10H19NO. The number of rotatable bonds is 5. The molecule has 1 unspecified atom stereocenters. The van der Waals surface area contributed by atoms with Crippen LogP contribution in [0.5, 0.6) is 0 Å². The molecule has 1 aliphatic rings. The standard InChI is InChI=1S/C10H19NO/c1-3-5-9(11)8-10(12-2)6-4-7-10/h3,9H,1,4-8,11H2,2H3. The maximum atomic E-state index is 5.90. The zero-order valence-corrected chi connectivity index (χ0v) is 7.88. The zero-order chi connectivity index (χ0) is 9.03. The van der Waals surface area contributed by atoms with Gasteiger partial charge in [0.05, 0.1) is 5.60 Å². The fourth-order valence-electron chi connectivity index (χ4n) is 1.84. The molecule has 0 aromatic rings. The number of hydrogen-bond acceptors (Lipinski definition) is 2. The molecule has 1 fully saturated rings. The summed E-state index contributed by atoms with van der Waals surface area (Å²) < 4.78 is 5.48. The molecule has 1 atom stereocenters. The summed E-state index contributed by atoms with van der Waals surface area (Å²) in [6.45, 7) is 3.68. The number of nitrogens with two attached hydrogens (primary N) is 1. The molecule has 1 aliphatic carbocycles. The topological polar surface area (TPSA) is 35.2 Å². The van der Waals surface area contributed by atoms with Gasteiger partial charge in [-0.15, -0.1) is 6.58 Å². The van der Waals surface area contributed by atoms with Crippen molar-refractivity contribution in [2.45, 2.75) is 43.7 Å². The lowest BCUT2D eigenvalue weighted by atomic mass is 9.75. The highest BCUT2D eigenvalue weighted by atomic mass is 16.5.